The van der Waals surface area contributed by atoms with E-state index in [4.69, 9.17) is 5.73 Å². The molecule has 0 atom stereocenters. The molecule has 0 aliphatic heterocycles. The number of benzene rings is 1. The van der Waals surface area contributed by atoms with Crippen molar-refractivity contribution in [2.75, 3.05) is 31.2 Å². The molecule has 0 bridgehead atoms. The van der Waals surface area contributed by atoms with E-state index in [9.17, 15) is 9.59 Å². The highest BCUT2D eigenvalue weighted by atomic mass is 16.2. The topological polar surface area (TPSA) is 87.5 Å². The van der Waals surface area contributed by atoms with Crippen LogP contribution in [0.5, 0.6) is 0 Å². The number of carbonyl (C=O) groups excluding carboxylic acids is 2. The summed E-state index contributed by atoms with van der Waals surface area (Å²) in [5.41, 5.74) is 6.86. The summed E-state index contributed by atoms with van der Waals surface area (Å²) in [6, 6.07) is 7.42. The van der Waals surface area contributed by atoms with E-state index in [0.717, 1.165) is 12.8 Å². The Labute approximate surface area is 118 Å². The molecule has 1 aromatic carbocycles. The predicted molar refractivity (Wildman–Crippen MR) is 78.1 cm³/mol. The van der Waals surface area contributed by atoms with E-state index in [0.29, 0.717) is 17.4 Å². The largest absolute Gasteiger partial charge is 0.397 e. The number of nitrogens with zero attached hydrogens (tertiary/aromatic N) is 1. The molecule has 2 amide bonds. The van der Waals surface area contributed by atoms with E-state index in [1.165, 1.54) is 0 Å². The molecule has 1 saturated carbocycles. The zero-order chi connectivity index (χ0) is 14.5. The van der Waals surface area contributed by atoms with Gasteiger partial charge in [0.05, 0.1) is 24.5 Å². The summed E-state index contributed by atoms with van der Waals surface area (Å²) >= 11 is 0. The molecule has 6 heteroatoms. The maximum atomic E-state index is 11.9. The van der Waals surface area contributed by atoms with Gasteiger partial charge in [-0.25, -0.2) is 0 Å². The number of amides is 2. The second-order valence-electron chi connectivity index (χ2n) is 5.15. The van der Waals surface area contributed by atoms with Gasteiger partial charge in [-0.05, 0) is 32.0 Å². The van der Waals surface area contributed by atoms with Crippen LogP contribution in [-0.2, 0) is 9.59 Å². The number of hydrogen-bond acceptors (Lipinski definition) is 4. The Morgan fingerprint density at radius 1 is 1.25 bits per heavy atom. The number of anilines is 2. The van der Waals surface area contributed by atoms with E-state index in [1.807, 2.05) is 0 Å². The van der Waals surface area contributed by atoms with Crippen molar-refractivity contribution in [3.63, 3.8) is 0 Å². The quantitative estimate of drug-likeness (QED) is 0.657. The fourth-order valence-electron chi connectivity index (χ4n) is 1.85. The van der Waals surface area contributed by atoms with Gasteiger partial charge in [-0.3, -0.25) is 14.5 Å². The van der Waals surface area contributed by atoms with Crippen LogP contribution in [0.1, 0.15) is 12.8 Å². The number of nitrogens with one attached hydrogen (secondary N) is 2. The van der Waals surface area contributed by atoms with Crippen LogP contribution in [0.15, 0.2) is 24.3 Å². The Kier molecular flexibility index (Phi) is 4.57. The molecule has 1 aromatic rings. The van der Waals surface area contributed by atoms with Gasteiger partial charge in [-0.2, -0.15) is 0 Å². The SMILES string of the molecule is CN(CC(=O)Nc1ccccc1N)CC(=O)NC1CC1. The zero-order valence-corrected chi connectivity index (χ0v) is 11.6. The van der Waals surface area contributed by atoms with Crippen molar-refractivity contribution in [3.05, 3.63) is 24.3 Å². The molecule has 0 saturated heterocycles. The average Bonchev–Trinajstić information content (AvgIpc) is 3.15. The van der Waals surface area contributed by atoms with Crippen molar-refractivity contribution in [2.45, 2.75) is 18.9 Å². The molecule has 0 unspecified atom stereocenters. The van der Waals surface area contributed by atoms with E-state index in [1.54, 1.807) is 36.2 Å². The summed E-state index contributed by atoms with van der Waals surface area (Å²) in [7, 11) is 1.74. The first-order chi connectivity index (χ1) is 9.54. The fourth-order valence-corrected chi connectivity index (χ4v) is 1.85. The van der Waals surface area contributed by atoms with Crippen molar-refractivity contribution >= 4 is 23.2 Å². The highest BCUT2D eigenvalue weighted by molar-refractivity contribution is 5.95. The van der Waals surface area contributed by atoms with E-state index in [2.05, 4.69) is 10.6 Å². The smallest absolute Gasteiger partial charge is 0.238 e. The molecule has 4 N–H and O–H groups in total. The van der Waals surface area contributed by atoms with Gasteiger partial charge in [-0.15, -0.1) is 0 Å². The standard InChI is InChI=1S/C14H20N4O2/c1-18(8-13(19)16-10-6-7-10)9-14(20)17-12-5-3-2-4-11(12)15/h2-5,10H,6-9,15H2,1H3,(H,16,19)(H,17,20). The second-order valence-corrected chi connectivity index (χ2v) is 5.15. The van der Waals surface area contributed by atoms with Gasteiger partial charge in [-0.1, -0.05) is 12.1 Å². The molecule has 2 rings (SSSR count). The van der Waals surface area contributed by atoms with Crippen molar-refractivity contribution in [1.29, 1.82) is 0 Å². The van der Waals surface area contributed by atoms with Crippen LogP contribution in [-0.4, -0.2) is 42.9 Å². The highest BCUT2D eigenvalue weighted by Gasteiger charge is 2.23. The lowest BCUT2D eigenvalue weighted by molar-refractivity contribution is -0.123. The summed E-state index contributed by atoms with van der Waals surface area (Å²) in [4.78, 5) is 25.1. The second kappa shape index (κ2) is 6.38. The van der Waals surface area contributed by atoms with E-state index < -0.39 is 0 Å². The summed E-state index contributed by atoms with van der Waals surface area (Å²) < 4.78 is 0. The van der Waals surface area contributed by atoms with Crippen LogP contribution < -0.4 is 16.4 Å². The summed E-state index contributed by atoms with van der Waals surface area (Å²) in [5.74, 6) is -0.230. The number of hydrogen-bond donors (Lipinski definition) is 3. The van der Waals surface area contributed by atoms with Gasteiger partial charge in [0, 0.05) is 6.04 Å². The van der Waals surface area contributed by atoms with Crippen molar-refractivity contribution in [3.8, 4) is 0 Å². The third-order valence-corrected chi connectivity index (χ3v) is 3.00. The van der Waals surface area contributed by atoms with E-state index >= 15 is 0 Å². The molecule has 6 nitrogen and oxygen atoms in total. The summed E-state index contributed by atoms with van der Waals surface area (Å²) in [5, 5.41) is 5.61. The number of likely N-dealkylation sites (N-methyl/N-ethyl adjacent to an activating group) is 1. The number of rotatable bonds is 6. The van der Waals surface area contributed by atoms with Crippen LogP contribution >= 0.6 is 0 Å². The molecular formula is C14H20N4O2. The Morgan fingerprint density at radius 3 is 2.55 bits per heavy atom. The highest BCUT2D eigenvalue weighted by Crippen LogP contribution is 2.18. The normalized spacial score (nSPS) is 14.1. The van der Waals surface area contributed by atoms with Gasteiger partial charge in [0.2, 0.25) is 11.8 Å². The van der Waals surface area contributed by atoms with Gasteiger partial charge >= 0.3 is 0 Å². The molecule has 20 heavy (non-hydrogen) atoms. The molecule has 0 aromatic heterocycles. The van der Waals surface area contributed by atoms with Crippen molar-refractivity contribution in [2.24, 2.45) is 0 Å². The van der Waals surface area contributed by atoms with Gasteiger partial charge in [0.1, 0.15) is 0 Å². The lowest BCUT2D eigenvalue weighted by Gasteiger charge is -2.16. The molecule has 0 heterocycles. The van der Waals surface area contributed by atoms with E-state index in [-0.39, 0.29) is 24.9 Å². The Balaban J connectivity index is 1.75. The maximum Gasteiger partial charge on any atom is 0.238 e. The zero-order valence-electron chi connectivity index (χ0n) is 11.6. The first kappa shape index (κ1) is 14.3. The molecule has 1 aliphatic carbocycles. The predicted octanol–water partition coefficient (Wildman–Crippen LogP) is 0.418. The van der Waals surface area contributed by atoms with Crippen molar-refractivity contribution in [1.82, 2.24) is 10.2 Å². The fraction of sp³-hybridized carbons (Fsp3) is 0.429. The Bertz CT molecular complexity index is 500. The van der Waals surface area contributed by atoms with Crippen LogP contribution in [0.3, 0.4) is 0 Å². The van der Waals surface area contributed by atoms with Crippen molar-refractivity contribution < 1.29 is 9.59 Å². The van der Waals surface area contributed by atoms with Crippen LogP contribution in [0.2, 0.25) is 0 Å². The Morgan fingerprint density at radius 2 is 1.90 bits per heavy atom. The Hall–Kier alpha value is -2.08. The monoisotopic (exact) mass is 276 g/mol. The molecule has 108 valence electrons. The first-order valence-electron chi connectivity index (χ1n) is 6.67. The third-order valence-electron chi connectivity index (χ3n) is 3.00. The number of nitrogens with two attached hydrogens (primary N) is 1. The van der Waals surface area contributed by atoms with Crippen LogP contribution in [0, 0.1) is 0 Å². The van der Waals surface area contributed by atoms with Gasteiger partial charge < -0.3 is 16.4 Å². The molecule has 0 spiro atoms. The number of carbonyl (C=O) groups is 2. The molecule has 1 fully saturated rings. The summed E-state index contributed by atoms with van der Waals surface area (Å²) in [6.45, 7) is 0.362. The summed E-state index contributed by atoms with van der Waals surface area (Å²) in [6.07, 6.45) is 2.12. The van der Waals surface area contributed by atoms with Gasteiger partial charge in [0.15, 0.2) is 0 Å². The first-order valence-corrected chi connectivity index (χ1v) is 6.67. The minimum Gasteiger partial charge on any atom is -0.397 e. The lowest BCUT2D eigenvalue weighted by Crippen LogP contribution is -2.39. The third kappa shape index (κ3) is 4.55. The minimum atomic E-state index is -0.190. The molecule has 0 radical (unpaired) electrons. The molecule has 1 aliphatic rings. The molecular weight excluding hydrogens is 256 g/mol. The average molecular weight is 276 g/mol. The van der Waals surface area contributed by atoms with Crippen LogP contribution in [0.4, 0.5) is 11.4 Å². The number of para-hydroxylation sites is 2. The van der Waals surface area contributed by atoms with Gasteiger partial charge in [0.25, 0.3) is 0 Å². The lowest BCUT2D eigenvalue weighted by atomic mass is 10.2. The maximum absolute atomic E-state index is 11.9. The number of nitrogen functional groups attached to an aromatic ring is 1. The minimum absolute atomic E-state index is 0.0398. The van der Waals surface area contributed by atoms with Crippen LogP contribution in [0.25, 0.3) is 0 Å².